The number of piperidine rings is 1. The number of carbonyl (C=O) groups excluding carboxylic acids is 1. The average Bonchev–Trinajstić information content (AvgIpc) is 2.57. The van der Waals surface area contributed by atoms with Gasteiger partial charge >= 0.3 is 0 Å². The van der Waals surface area contributed by atoms with Crippen LogP contribution in [0.2, 0.25) is 0 Å². The third-order valence-corrected chi connectivity index (χ3v) is 4.13. The van der Waals surface area contributed by atoms with Crippen molar-refractivity contribution >= 4 is 5.91 Å². The number of rotatable bonds is 5. The van der Waals surface area contributed by atoms with Gasteiger partial charge in [-0.15, -0.1) is 0 Å². The summed E-state index contributed by atoms with van der Waals surface area (Å²) in [6.45, 7) is 3.76. The second-order valence-corrected chi connectivity index (χ2v) is 5.98. The molecule has 2 aromatic rings. The van der Waals surface area contributed by atoms with Crippen molar-refractivity contribution in [3.8, 4) is 11.6 Å². The monoisotopic (exact) mass is 327 g/mol. The minimum absolute atomic E-state index is 0.166. The van der Waals surface area contributed by atoms with Crippen molar-refractivity contribution in [1.82, 2.24) is 19.9 Å². The van der Waals surface area contributed by atoms with Crippen molar-refractivity contribution < 1.29 is 9.53 Å². The zero-order chi connectivity index (χ0) is 16.9. The van der Waals surface area contributed by atoms with Gasteiger partial charge in [0.2, 0.25) is 11.8 Å². The number of ether oxygens (including phenoxy) is 1. The van der Waals surface area contributed by atoms with Gasteiger partial charge in [-0.2, -0.15) is 0 Å². The van der Waals surface area contributed by atoms with E-state index in [-0.39, 0.29) is 18.4 Å². The molecule has 1 aliphatic rings. The van der Waals surface area contributed by atoms with Gasteiger partial charge in [0.25, 0.3) is 0 Å². The van der Waals surface area contributed by atoms with E-state index in [1.165, 1.54) is 0 Å². The summed E-state index contributed by atoms with van der Waals surface area (Å²) in [6.07, 6.45) is 6.98. The van der Waals surface area contributed by atoms with Gasteiger partial charge in [0.05, 0.1) is 12.2 Å². The number of nitrogens with two attached hydrogens (primary N) is 1. The van der Waals surface area contributed by atoms with E-state index < -0.39 is 0 Å². The molecule has 7 nitrogen and oxygen atoms in total. The molecular formula is C17H21N5O2. The standard InChI is InChI=1S/C17H21N5O2/c1-12-14(5-2-6-19-12)24-17-16(20-7-8-21-17)13-4-3-9-22(10-13)11-15(18)23/h2,5-8,13H,3-4,9-11H2,1H3,(H2,18,23). The van der Waals surface area contributed by atoms with Gasteiger partial charge in [0.1, 0.15) is 5.69 Å². The maximum atomic E-state index is 11.2. The molecule has 126 valence electrons. The van der Waals surface area contributed by atoms with Crippen LogP contribution >= 0.6 is 0 Å². The fourth-order valence-corrected chi connectivity index (χ4v) is 3.02. The Morgan fingerprint density at radius 3 is 2.96 bits per heavy atom. The number of nitrogens with zero attached hydrogens (tertiary/aromatic N) is 4. The summed E-state index contributed by atoms with van der Waals surface area (Å²) in [6, 6.07) is 3.69. The number of carbonyl (C=O) groups is 1. The Morgan fingerprint density at radius 1 is 1.33 bits per heavy atom. The van der Waals surface area contributed by atoms with E-state index in [4.69, 9.17) is 10.5 Å². The Morgan fingerprint density at radius 2 is 2.17 bits per heavy atom. The zero-order valence-electron chi connectivity index (χ0n) is 13.7. The quantitative estimate of drug-likeness (QED) is 0.897. The molecule has 2 N–H and O–H groups in total. The molecule has 0 spiro atoms. The van der Waals surface area contributed by atoms with Crippen LogP contribution in [0.4, 0.5) is 0 Å². The number of likely N-dealkylation sites (tertiary alicyclic amines) is 1. The molecule has 24 heavy (non-hydrogen) atoms. The fourth-order valence-electron chi connectivity index (χ4n) is 3.02. The minimum Gasteiger partial charge on any atom is -0.435 e. The number of aromatic nitrogens is 3. The van der Waals surface area contributed by atoms with Gasteiger partial charge in [-0.25, -0.2) is 4.98 Å². The van der Waals surface area contributed by atoms with Gasteiger partial charge in [-0.05, 0) is 38.4 Å². The van der Waals surface area contributed by atoms with Gasteiger partial charge in [-0.3, -0.25) is 19.7 Å². The van der Waals surface area contributed by atoms with Crippen molar-refractivity contribution in [2.45, 2.75) is 25.7 Å². The summed E-state index contributed by atoms with van der Waals surface area (Å²) in [7, 11) is 0. The first-order valence-corrected chi connectivity index (χ1v) is 8.04. The number of aryl methyl sites for hydroxylation is 1. The lowest BCUT2D eigenvalue weighted by Crippen LogP contribution is -2.40. The number of hydrogen-bond acceptors (Lipinski definition) is 6. The van der Waals surface area contributed by atoms with Gasteiger partial charge in [0.15, 0.2) is 5.75 Å². The maximum absolute atomic E-state index is 11.2. The predicted octanol–water partition coefficient (Wildman–Crippen LogP) is 1.64. The molecule has 0 bridgehead atoms. The summed E-state index contributed by atoms with van der Waals surface area (Å²) >= 11 is 0. The SMILES string of the molecule is Cc1ncccc1Oc1nccnc1C1CCCN(CC(N)=O)C1. The van der Waals surface area contributed by atoms with E-state index in [2.05, 4.69) is 19.9 Å². The number of hydrogen-bond donors (Lipinski definition) is 1. The van der Waals surface area contributed by atoms with Gasteiger partial charge in [0, 0.05) is 31.1 Å². The maximum Gasteiger partial charge on any atom is 0.241 e. The molecule has 0 saturated carbocycles. The minimum atomic E-state index is -0.308. The van der Waals surface area contributed by atoms with Crippen LogP contribution in [0, 0.1) is 6.92 Å². The number of amides is 1. The zero-order valence-corrected chi connectivity index (χ0v) is 13.7. The van der Waals surface area contributed by atoms with Gasteiger partial charge in [-0.1, -0.05) is 0 Å². The second kappa shape index (κ2) is 7.35. The Balaban J connectivity index is 1.81. The largest absolute Gasteiger partial charge is 0.435 e. The average molecular weight is 327 g/mol. The molecule has 1 saturated heterocycles. The number of pyridine rings is 1. The summed E-state index contributed by atoms with van der Waals surface area (Å²) in [5, 5.41) is 0. The first kappa shape index (κ1) is 16.3. The van der Waals surface area contributed by atoms with E-state index in [0.29, 0.717) is 11.6 Å². The van der Waals surface area contributed by atoms with Crippen molar-refractivity contribution in [2.24, 2.45) is 5.73 Å². The van der Waals surface area contributed by atoms with E-state index in [0.717, 1.165) is 37.3 Å². The van der Waals surface area contributed by atoms with Gasteiger partial charge < -0.3 is 10.5 Å². The topological polar surface area (TPSA) is 94.2 Å². The van der Waals surface area contributed by atoms with Crippen molar-refractivity contribution in [1.29, 1.82) is 0 Å². The molecule has 1 fully saturated rings. The van der Waals surface area contributed by atoms with Crippen LogP contribution in [0.25, 0.3) is 0 Å². The molecule has 1 atom stereocenters. The molecule has 3 heterocycles. The van der Waals surface area contributed by atoms with E-state index in [1.807, 2.05) is 19.1 Å². The summed E-state index contributed by atoms with van der Waals surface area (Å²) in [4.78, 5) is 26.3. The Bertz CT molecular complexity index is 722. The van der Waals surface area contributed by atoms with E-state index >= 15 is 0 Å². The molecule has 0 aliphatic carbocycles. The third kappa shape index (κ3) is 3.86. The Hall–Kier alpha value is -2.54. The molecule has 7 heteroatoms. The van der Waals surface area contributed by atoms with Crippen LogP contribution in [0.5, 0.6) is 11.6 Å². The van der Waals surface area contributed by atoms with E-state index in [1.54, 1.807) is 18.6 Å². The lowest BCUT2D eigenvalue weighted by Gasteiger charge is -2.31. The summed E-state index contributed by atoms with van der Waals surface area (Å²) in [5.41, 5.74) is 6.93. The molecule has 1 amide bonds. The molecule has 0 aromatic carbocycles. The summed E-state index contributed by atoms with van der Waals surface area (Å²) in [5.74, 6) is 1.03. The fraction of sp³-hybridized carbons (Fsp3) is 0.412. The number of primary amides is 1. The Kier molecular flexibility index (Phi) is 5.00. The molecule has 1 unspecified atom stereocenters. The van der Waals surface area contributed by atoms with Crippen molar-refractivity contribution in [3.05, 3.63) is 42.1 Å². The molecule has 2 aromatic heterocycles. The molecule has 3 rings (SSSR count). The smallest absolute Gasteiger partial charge is 0.241 e. The Labute approximate surface area is 140 Å². The molecular weight excluding hydrogens is 306 g/mol. The van der Waals surface area contributed by atoms with Crippen LogP contribution in [-0.4, -0.2) is 45.4 Å². The highest BCUT2D eigenvalue weighted by atomic mass is 16.5. The lowest BCUT2D eigenvalue weighted by molar-refractivity contribution is -0.119. The van der Waals surface area contributed by atoms with Crippen LogP contribution in [0.15, 0.2) is 30.7 Å². The predicted molar refractivity (Wildman–Crippen MR) is 88.7 cm³/mol. The van der Waals surface area contributed by atoms with Crippen LogP contribution < -0.4 is 10.5 Å². The third-order valence-electron chi connectivity index (χ3n) is 4.13. The molecule has 0 radical (unpaired) electrons. The van der Waals surface area contributed by atoms with Crippen LogP contribution in [0.3, 0.4) is 0 Å². The van der Waals surface area contributed by atoms with Crippen LogP contribution in [0.1, 0.15) is 30.1 Å². The second-order valence-electron chi connectivity index (χ2n) is 5.98. The highest BCUT2D eigenvalue weighted by Crippen LogP contribution is 2.32. The highest BCUT2D eigenvalue weighted by molar-refractivity contribution is 5.75. The summed E-state index contributed by atoms with van der Waals surface area (Å²) < 4.78 is 5.96. The normalized spacial score (nSPS) is 18.3. The first-order chi connectivity index (χ1) is 11.6. The van der Waals surface area contributed by atoms with Crippen molar-refractivity contribution in [2.75, 3.05) is 19.6 Å². The van der Waals surface area contributed by atoms with Crippen LogP contribution in [-0.2, 0) is 4.79 Å². The lowest BCUT2D eigenvalue weighted by atomic mass is 9.94. The highest BCUT2D eigenvalue weighted by Gasteiger charge is 2.26. The van der Waals surface area contributed by atoms with Crippen molar-refractivity contribution in [3.63, 3.8) is 0 Å². The first-order valence-electron chi connectivity index (χ1n) is 8.04. The van der Waals surface area contributed by atoms with E-state index in [9.17, 15) is 4.79 Å². The molecule has 1 aliphatic heterocycles.